The molecule has 6 nitrogen and oxygen atoms in total. The van der Waals surface area contributed by atoms with E-state index in [4.69, 9.17) is 4.74 Å². The van der Waals surface area contributed by atoms with Crippen LogP contribution in [-0.4, -0.2) is 49.1 Å². The van der Waals surface area contributed by atoms with Crippen molar-refractivity contribution in [3.8, 4) is 5.75 Å². The third-order valence-electron chi connectivity index (χ3n) is 5.71. The van der Waals surface area contributed by atoms with Gasteiger partial charge in [-0.2, -0.15) is 13.2 Å². The van der Waals surface area contributed by atoms with E-state index in [2.05, 4.69) is 10.3 Å². The van der Waals surface area contributed by atoms with E-state index in [-0.39, 0.29) is 5.91 Å². The Morgan fingerprint density at radius 2 is 1.74 bits per heavy atom. The van der Waals surface area contributed by atoms with Crippen LogP contribution in [0.4, 0.5) is 30.4 Å². The van der Waals surface area contributed by atoms with Crippen LogP contribution in [0.3, 0.4) is 0 Å². The average Bonchev–Trinajstić information content (AvgIpc) is 3.10. The minimum atomic E-state index is -4.42. The number of para-hydroxylation sites is 1. The Morgan fingerprint density at radius 3 is 2.41 bits per heavy atom. The molecule has 0 radical (unpaired) electrons. The number of aromatic nitrogens is 1. The lowest BCUT2D eigenvalue weighted by atomic mass is 10.1. The fourth-order valence-corrected chi connectivity index (χ4v) is 3.87. The average molecular weight is 470 g/mol. The molecular weight excluding hydrogens is 445 g/mol. The zero-order valence-corrected chi connectivity index (χ0v) is 18.7. The molecule has 1 fully saturated rings. The van der Waals surface area contributed by atoms with E-state index in [1.54, 1.807) is 18.1 Å². The number of carbonyl (C=O) groups is 1. The lowest BCUT2D eigenvalue weighted by Crippen LogP contribution is -2.35. The molecule has 34 heavy (non-hydrogen) atoms. The Balaban J connectivity index is 1.45. The van der Waals surface area contributed by atoms with Crippen molar-refractivity contribution in [2.45, 2.75) is 12.6 Å². The van der Waals surface area contributed by atoms with Crippen molar-refractivity contribution in [2.75, 3.05) is 43.5 Å². The molecule has 0 atom stereocenters. The maximum Gasteiger partial charge on any atom is 0.417 e. The molecule has 1 aromatic heterocycles. The second kappa shape index (κ2) is 10.0. The number of hydrogen-bond acceptors (Lipinski definition) is 5. The number of carbonyl (C=O) groups excluding carboxylic acids is 1. The first-order valence-electron chi connectivity index (χ1n) is 10.9. The summed E-state index contributed by atoms with van der Waals surface area (Å²) >= 11 is 0. The smallest absolute Gasteiger partial charge is 0.417 e. The first-order valence-corrected chi connectivity index (χ1v) is 10.9. The number of nitrogens with one attached hydrogen (secondary N) is 1. The van der Waals surface area contributed by atoms with Crippen molar-refractivity contribution < 1.29 is 22.7 Å². The van der Waals surface area contributed by atoms with Gasteiger partial charge in [-0.3, -0.25) is 4.79 Å². The number of alkyl halides is 3. The molecule has 178 valence electrons. The second-order valence-corrected chi connectivity index (χ2v) is 7.93. The molecule has 0 aliphatic carbocycles. The first kappa shape index (κ1) is 23.4. The number of pyridine rings is 1. The topological polar surface area (TPSA) is 57.7 Å². The van der Waals surface area contributed by atoms with Crippen LogP contribution in [-0.2, 0) is 6.18 Å². The van der Waals surface area contributed by atoms with Crippen molar-refractivity contribution in [1.82, 2.24) is 9.88 Å². The Kier molecular flexibility index (Phi) is 6.90. The monoisotopic (exact) mass is 470 g/mol. The van der Waals surface area contributed by atoms with Crippen LogP contribution < -0.4 is 15.0 Å². The van der Waals surface area contributed by atoms with E-state index < -0.39 is 11.7 Å². The van der Waals surface area contributed by atoms with Gasteiger partial charge in [0.05, 0.1) is 23.9 Å². The largest absolute Gasteiger partial charge is 0.497 e. The van der Waals surface area contributed by atoms with E-state index in [0.29, 0.717) is 49.7 Å². The van der Waals surface area contributed by atoms with Crippen molar-refractivity contribution in [3.05, 3.63) is 78.0 Å². The summed E-state index contributed by atoms with van der Waals surface area (Å²) < 4.78 is 43.7. The van der Waals surface area contributed by atoms with Crippen LogP contribution >= 0.6 is 0 Å². The molecule has 1 amide bonds. The fraction of sp³-hybridized carbons (Fsp3) is 0.280. The molecule has 1 N–H and O–H groups in total. The molecule has 1 aliphatic heterocycles. The lowest BCUT2D eigenvalue weighted by Gasteiger charge is -2.24. The van der Waals surface area contributed by atoms with Crippen LogP contribution in [0, 0.1) is 0 Å². The van der Waals surface area contributed by atoms with Gasteiger partial charge in [0.2, 0.25) is 0 Å². The minimum absolute atomic E-state index is 0.0983. The van der Waals surface area contributed by atoms with Gasteiger partial charge in [0, 0.05) is 38.1 Å². The highest BCUT2D eigenvalue weighted by molar-refractivity contribution is 6.00. The highest BCUT2D eigenvalue weighted by atomic mass is 19.4. The number of ether oxygens (including phenoxy) is 1. The first-order chi connectivity index (χ1) is 16.3. The van der Waals surface area contributed by atoms with Gasteiger partial charge in [0.15, 0.2) is 0 Å². The number of methoxy groups -OCH3 is 1. The molecule has 3 aromatic rings. The minimum Gasteiger partial charge on any atom is -0.497 e. The van der Waals surface area contributed by atoms with Crippen molar-refractivity contribution in [1.29, 1.82) is 0 Å². The SMILES string of the molecule is COc1ccc(Nc2ccccc2C(=O)N2CCCN(c3ccc(C(F)(F)F)cn3)CC2)cc1. The van der Waals surface area contributed by atoms with Crippen LogP contribution in [0.2, 0.25) is 0 Å². The summed E-state index contributed by atoms with van der Waals surface area (Å²) in [5.74, 6) is 1.12. The van der Waals surface area contributed by atoms with E-state index in [1.807, 2.05) is 47.4 Å². The van der Waals surface area contributed by atoms with Crippen molar-refractivity contribution >= 4 is 23.1 Å². The molecule has 2 heterocycles. The normalized spacial score (nSPS) is 14.5. The van der Waals surface area contributed by atoms with Gasteiger partial charge in [0.1, 0.15) is 11.6 Å². The fourth-order valence-electron chi connectivity index (χ4n) is 3.87. The molecule has 0 bridgehead atoms. The number of nitrogens with zero attached hydrogens (tertiary/aromatic N) is 3. The third kappa shape index (κ3) is 5.41. The third-order valence-corrected chi connectivity index (χ3v) is 5.71. The maximum atomic E-state index is 13.4. The van der Waals surface area contributed by atoms with Crippen LogP contribution in [0.15, 0.2) is 66.9 Å². The molecule has 4 rings (SSSR count). The molecule has 2 aromatic carbocycles. The number of benzene rings is 2. The quantitative estimate of drug-likeness (QED) is 0.555. The van der Waals surface area contributed by atoms with Crippen LogP contribution in [0.1, 0.15) is 22.3 Å². The van der Waals surface area contributed by atoms with E-state index in [0.717, 1.165) is 23.7 Å². The number of hydrogen-bond donors (Lipinski definition) is 1. The second-order valence-electron chi connectivity index (χ2n) is 7.93. The molecule has 1 aliphatic rings. The standard InChI is InChI=1S/C25H25F3N4O2/c1-34-20-10-8-19(9-11-20)30-22-6-3-2-5-21(22)24(33)32-14-4-13-31(15-16-32)23-12-7-18(17-29-23)25(26,27)28/h2-3,5-12,17,30H,4,13-16H2,1H3. The maximum absolute atomic E-state index is 13.4. The molecule has 0 unspecified atom stereocenters. The predicted molar refractivity (Wildman–Crippen MR) is 125 cm³/mol. The predicted octanol–water partition coefficient (Wildman–Crippen LogP) is 5.21. The van der Waals surface area contributed by atoms with Gasteiger partial charge in [-0.1, -0.05) is 12.1 Å². The Labute approximate surface area is 196 Å². The molecule has 9 heteroatoms. The number of amides is 1. The Morgan fingerprint density at radius 1 is 0.971 bits per heavy atom. The summed E-state index contributed by atoms with van der Waals surface area (Å²) in [4.78, 5) is 21.1. The summed E-state index contributed by atoms with van der Waals surface area (Å²) in [6.45, 7) is 2.08. The molecule has 0 spiro atoms. The van der Waals surface area contributed by atoms with Gasteiger partial charge < -0.3 is 19.9 Å². The van der Waals surface area contributed by atoms with Gasteiger partial charge in [-0.15, -0.1) is 0 Å². The van der Waals surface area contributed by atoms with Crippen molar-refractivity contribution in [2.24, 2.45) is 0 Å². The lowest BCUT2D eigenvalue weighted by molar-refractivity contribution is -0.137. The van der Waals surface area contributed by atoms with Crippen LogP contribution in [0.5, 0.6) is 5.75 Å². The number of rotatable bonds is 5. The number of anilines is 3. The Bertz CT molecular complexity index is 1120. The number of halogens is 3. The summed E-state index contributed by atoms with van der Waals surface area (Å²) in [5, 5.41) is 3.30. The summed E-state index contributed by atoms with van der Waals surface area (Å²) in [7, 11) is 1.60. The summed E-state index contributed by atoms with van der Waals surface area (Å²) in [5.41, 5.74) is 1.31. The zero-order chi connectivity index (χ0) is 24.1. The Hall–Kier alpha value is -3.75. The van der Waals surface area contributed by atoms with Crippen LogP contribution in [0.25, 0.3) is 0 Å². The van der Waals surface area contributed by atoms with Gasteiger partial charge >= 0.3 is 6.18 Å². The zero-order valence-electron chi connectivity index (χ0n) is 18.7. The molecule has 1 saturated heterocycles. The molecular formula is C25H25F3N4O2. The van der Waals surface area contributed by atoms with E-state index in [9.17, 15) is 18.0 Å². The highest BCUT2D eigenvalue weighted by Crippen LogP contribution is 2.30. The highest BCUT2D eigenvalue weighted by Gasteiger charge is 2.31. The van der Waals surface area contributed by atoms with E-state index >= 15 is 0 Å². The summed E-state index contributed by atoms with van der Waals surface area (Å²) in [6, 6.07) is 17.2. The van der Waals surface area contributed by atoms with Gasteiger partial charge in [-0.05, 0) is 55.0 Å². The summed E-state index contributed by atoms with van der Waals surface area (Å²) in [6.07, 6.45) is -2.88. The van der Waals surface area contributed by atoms with Gasteiger partial charge in [-0.25, -0.2) is 4.98 Å². The van der Waals surface area contributed by atoms with E-state index in [1.165, 1.54) is 6.07 Å². The van der Waals surface area contributed by atoms with Crippen molar-refractivity contribution in [3.63, 3.8) is 0 Å². The molecule has 0 saturated carbocycles. The van der Waals surface area contributed by atoms with Gasteiger partial charge in [0.25, 0.3) is 5.91 Å².